The van der Waals surface area contributed by atoms with Crippen molar-refractivity contribution in [3.8, 4) is 0 Å². The summed E-state index contributed by atoms with van der Waals surface area (Å²) in [5.74, 6) is 0.104. The highest BCUT2D eigenvalue weighted by atomic mass is 16.2. The second kappa shape index (κ2) is 5.58. The average molecular weight is 337 g/mol. The number of carbonyl (C=O) groups excluding carboxylic acids is 1. The number of rotatable bonds is 1. The molecule has 0 amide bonds. The summed E-state index contributed by atoms with van der Waals surface area (Å²) in [4.78, 5) is 39.8. The SMILES string of the molecule is Cc1ccccc1C1C2=C(CCCC2=O)Nc2c1c(=O)[nH]c(=O)n2C. The van der Waals surface area contributed by atoms with Gasteiger partial charge in [-0.1, -0.05) is 24.3 Å². The molecular weight excluding hydrogens is 318 g/mol. The molecule has 0 saturated carbocycles. The van der Waals surface area contributed by atoms with Gasteiger partial charge in [0.25, 0.3) is 5.56 Å². The third kappa shape index (κ3) is 2.28. The van der Waals surface area contributed by atoms with Gasteiger partial charge in [0.15, 0.2) is 5.78 Å². The number of carbonyl (C=O) groups is 1. The van der Waals surface area contributed by atoms with Gasteiger partial charge in [-0.15, -0.1) is 0 Å². The number of aromatic nitrogens is 2. The van der Waals surface area contributed by atoms with Crippen LogP contribution >= 0.6 is 0 Å². The second-order valence-corrected chi connectivity index (χ2v) is 6.66. The maximum Gasteiger partial charge on any atom is 0.329 e. The average Bonchev–Trinajstić information content (AvgIpc) is 2.59. The first kappa shape index (κ1) is 15.6. The Morgan fingerprint density at radius 3 is 2.64 bits per heavy atom. The maximum atomic E-state index is 12.7. The van der Waals surface area contributed by atoms with E-state index >= 15 is 0 Å². The van der Waals surface area contributed by atoms with Gasteiger partial charge in [0.05, 0.1) is 5.56 Å². The topological polar surface area (TPSA) is 84.0 Å². The molecule has 0 saturated heterocycles. The molecule has 0 fully saturated rings. The molecule has 0 radical (unpaired) electrons. The van der Waals surface area contributed by atoms with E-state index in [0.29, 0.717) is 23.4 Å². The first-order chi connectivity index (χ1) is 12.0. The number of hydrogen-bond acceptors (Lipinski definition) is 4. The molecule has 128 valence electrons. The zero-order chi connectivity index (χ0) is 17.7. The van der Waals surface area contributed by atoms with E-state index in [1.54, 1.807) is 7.05 Å². The fourth-order valence-electron chi connectivity index (χ4n) is 3.89. The van der Waals surface area contributed by atoms with Crippen LogP contribution in [0.1, 0.15) is 41.9 Å². The van der Waals surface area contributed by atoms with Gasteiger partial charge in [-0.25, -0.2) is 4.79 Å². The summed E-state index contributed by atoms with van der Waals surface area (Å²) in [6.45, 7) is 1.97. The summed E-state index contributed by atoms with van der Waals surface area (Å²) in [5.41, 5.74) is 2.96. The van der Waals surface area contributed by atoms with E-state index in [9.17, 15) is 14.4 Å². The smallest absolute Gasteiger partial charge is 0.329 e. The summed E-state index contributed by atoms with van der Waals surface area (Å²) in [6.07, 6.45) is 2.00. The summed E-state index contributed by atoms with van der Waals surface area (Å²) >= 11 is 0. The first-order valence-corrected chi connectivity index (χ1v) is 8.41. The Balaban J connectivity index is 2.09. The highest BCUT2D eigenvalue weighted by molar-refractivity contribution is 6.01. The lowest BCUT2D eigenvalue weighted by molar-refractivity contribution is -0.116. The molecule has 1 aromatic carbocycles. The standard InChI is InChI=1S/C19H19N3O3/c1-10-6-3-4-7-11(10)14-15-12(8-5-9-13(15)23)20-17-16(14)18(24)21-19(25)22(17)2/h3-4,6-7,14,20H,5,8-9H2,1-2H3,(H,21,24,25). The minimum absolute atomic E-state index is 0.0703. The zero-order valence-electron chi connectivity index (χ0n) is 14.2. The summed E-state index contributed by atoms with van der Waals surface area (Å²) in [6, 6.07) is 7.77. The van der Waals surface area contributed by atoms with Crippen LogP contribution in [0.15, 0.2) is 45.1 Å². The van der Waals surface area contributed by atoms with Crippen LogP contribution < -0.4 is 16.6 Å². The van der Waals surface area contributed by atoms with Crippen LogP contribution in [0.3, 0.4) is 0 Å². The molecular formula is C19H19N3O3. The van der Waals surface area contributed by atoms with Gasteiger partial charge < -0.3 is 5.32 Å². The Morgan fingerprint density at radius 1 is 1.12 bits per heavy atom. The van der Waals surface area contributed by atoms with Crippen molar-refractivity contribution in [2.45, 2.75) is 32.1 Å². The van der Waals surface area contributed by atoms with Gasteiger partial charge >= 0.3 is 5.69 Å². The predicted molar refractivity (Wildman–Crippen MR) is 94.8 cm³/mol. The van der Waals surface area contributed by atoms with Crippen molar-refractivity contribution in [2.75, 3.05) is 5.32 Å². The lowest BCUT2D eigenvalue weighted by atomic mass is 9.75. The van der Waals surface area contributed by atoms with Crippen molar-refractivity contribution >= 4 is 11.6 Å². The number of Topliss-reactive ketones (excluding diaryl/α,β-unsaturated/α-hetero) is 1. The molecule has 1 atom stereocenters. The molecule has 2 aromatic rings. The number of aryl methyl sites for hydroxylation is 1. The Morgan fingerprint density at radius 2 is 1.88 bits per heavy atom. The number of nitrogens with zero attached hydrogens (tertiary/aromatic N) is 1. The van der Waals surface area contributed by atoms with Gasteiger partial charge in [-0.05, 0) is 30.9 Å². The van der Waals surface area contributed by atoms with E-state index in [1.807, 2.05) is 31.2 Å². The van der Waals surface area contributed by atoms with Crippen molar-refractivity contribution in [1.82, 2.24) is 9.55 Å². The largest absolute Gasteiger partial charge is 0.344 e. The van der Waals surface area contributed by atoms with Crippen molar-refractivity contribution in [3.05, 3.63) is 73.1 Å². The number of nitrogens with one attached hydrogen (secondary N) is 2. The highest BCUT2D eigenvalue weighted by Crippen LogP contribution is 2.43. The zero-order valence-corrected chi connectivity index (χ0v) is 14.2. The van der Waals surface area contributed by atoms with Gasteiger partial charge in [-0.2, -0.15) is 0 Å². The molecule has 1 aliphatic heterocycles. The van der Waals surface area contributed by atoms with Crippen LogP contribution in [0, 0.1) is 6.92 Å². The Hall–Kier alpha value is -2.89. The fraction of sp³-hybridized carbons (Fsp3) is 0.316. The molecule has 2 N–H and O–H groups in total. The number of allylic oxidation sites excluding steroid dienone is 2. The molecule has 1 aromatic heterocycles. The van der Waals surface area contributed by atoms with Crippen LogP contribution in [0.4, 0.5) is 5.82 Å². The van der Waals surface area contributed by atoms with E-state index in [1.165, 1.54) is 4.57 Å². The second-order valence-electron chi connectivity index (χ2n) is 6.66. The van der Waals surface area contributed by atoms with E-state index in [-0.39, 0.29) is 5.78 Å². The van der Waals surface area contributed by atoms with Gasteiger partial charge in [0.1, 0.15) is 5.82 Å². The van der Waals surface area contributed by atoms with E-state index < -0.39 is 17.2 Å². The molecule has 6 heteroatoms. The van der Waals surface area contributed by atoms with Crippen LogP contribution in [-0.2, 0) is 11.8 Å². The van der Waals surface area contributed by atoms with Crippen molar-refractivity contribution in [3.63, 3.8) is 0 Å². The van der Waals surface area contributed by atoms with Gasteiger partial charge in [0.2, 0.25) is 0 Å². The number of ketones is 1. The molecule has 6 nitrogen and oxygen atoms in total. The van der Waals surface area contributed by atoms with Crippen molar-refractivity contribution in [1.29, 1.82) is 0 Å². The molecule has 1 unspecified atom stereocenters. The van der Waals surface area contributed by atoms with Crippen molar-refractivity contribution < 1.29 is 4.79 Å². The maximum absolute atomic E-state index is 12.7. The Kier molecular flexibility index (Phi) is 3.49. The minimum atomic E-state index is -0.467. The third-order valence-electron chi connectivity index (χ3n) is 5.16. The summed E-state index contributed by atoms with van der Waals surface area (Å²) < 4.78 is 1.41. The summed E-state index contributed by atoms with van der Waals surface area (Å²) in [7, 11) is 1.62. The minimum Gasteiger partial charge on any atom is -0.344 e. The molecule has 0 spiro atoms. The number of aromatic amines is 1. The van der Waals surface area contributed by atoms with Gasteiger partial charge in [-0.3, -0.25) is 19.1 Å². The number of fused-ring (bicyclic) bond motifs is 1. The highest BCUT2D eigenvalue weighted by Gasteiger charge is 2.38. The predicted octanol–water partition coefficient (Wildman–Crippen LogP) is 1.95. The molecule has 0 bridgehead atoms. The number of H-pyrrole nitrogens is 1. The molecule has 1 aliphatic carbocycles. The lowest BCUT2D eigenvalue weighted by Crippen LogP contribution is -2.39. The van der Waals surface area contributed by atoms with Crippen LogP contribution in [-0.4, -0.2) is 15.3 Å². The van der Waals surface area contributed by atoms with Crippen LogP contribution in [0.5, 0.6) is 0 Å². The number of anilines is 1. The van der Waals surface area contributed by atoms with Gasteiger partial charge in [0, 0.05) is 30.7 Å². The quantitative estimate of drug-likeness (QED) is 0.833. The normalized spacial score (nSPS) is 19.3. The number of hydrogen-bond donors (Lipinski definition) is 2. The molecule has 25 heavy (non-hydrogen) atoms. The van der Waals surface area contributed by atoms with E-state index in [2.05, 4.69) is 10.3 Å². The Bertz CT molecular complexity index is 1040. The Labute approximate surface area is 144 Å². The van der Waals surface area contributed by atoms with E-state index in [4.69, 9.17) is 0 Å². The monoisotopic (exact) mass is 337 g/mol. The molecule has 2 aliphatic rings. The van der Waals surface area contributed by atoms with E-state index in [0.717, 1.165) is 29.7 Å². The third-order valence-corrected chi connectivity index (χ3v) is 5.16. The molecule has 2 heterocycles. The summed E-state index contributed by atoms with van der Waals surface area (Å²) in [5, 5.41) is 3.20. The lowest BCUT2D eigenvalue weighted by Gasteiger charge is -2.34. The molecule has 4 rings (SSSR count). The first-order valence-electron chi connectivity index (χ1n) is 8.41. The van der Waals surface area contributed by atoms with Crippen LogP contribution in [0.25, 0.3) is 0 Å². The van der Waals surface area contributed by atoms with Crippen LogP contribution in [0.2, 0.25) is 0 Å². The number of benzene rings is 1. The van der Waals surface area contributed by atoms with Crippen molar-refractivity contribution in [2.24, 2.45) is 7.05 Å². The fourth-order valence-corrected chi connectivity index (χ4v) is 3.89.